The molecule has 1 aliphatic rings. The van der Waals surface area contributed by atoms with Crippen LogP contribution in [0.5, 0.6) is 5.75 Å². The molecule has 7 heteroatoms. The summed E-state index contributed by atoms with van der Waals surface area (Å²) in [6.45, 7) is 2.88. The van der Waals surface area contributed by atoms with E-state index in [0.717, 1.165) is 12.8 Å². The highest BCUT2D eigenvalue weighted by molar-refractivity contribution is 5.96. The van der Waals surface area contributed by atoms with Crippen molar-refractivity contribution in [2.75, 3.05) is 13.2 Å². The lowest BCUT2D eigenvalue weighted by atomic mass is 10.0. The molecular weight excluding hydrogens is 365 g/mol. The van der Waals surface area contributed by atoms with E-state index >= 15 is 0 Å². The second-order valence-corrected chi connectivity index (χ2v) is 6.71. The van der Waals surface area contributed by atoms with Crippen LogP contribution in [-0.2, 0) is 9.53 Å². The molecule has 1 atom stereocenters. The molecule has 1 aliphatic heterocycles. The maximum Gasteiger partial charge on any atom is 0.330 e. The van der Waals surface area contributed by atoms with Gasteiger partial charge in [-0.15, -0.1) is 0 Å². The van der Waals surface area contributed by atoms with Gasteiger partial charge in [0.25, 0.3) is 5.91 Å². The molecule has 2 N–H and O–H groups in total. The Morgan fingerprint density at radius 2 is 1.86 bits per heavy atom. The molecule has 1 saturated heterocycles. The molecule has 0 saturated carbocycles. The van der Waals surface area contributed by atoms with Crippen molar-refractivity contribution in [3.63, 3.8) is 0 Å². The third-order valence-electron chi connectivity index (χ3n) is 4.63. The van der Waals surface area contributed by atoms with E-state index in [9.17, 15) is 19.1 Å². The maximum atomic E-state index is 13.4. The van der Waals surface area contributed by atoms with Crippen molar-refractivity contribution >= 4 is 11.9 Å². The van der Waals surface area contributed by atoms with Crippen molar-refractivity contribution in [1.82, 2.24) is 5.32 Å². The molecular formula is C21H22FNO5. The number of hydrogen-bond donors (Lipinski definition) is 2. The molecule has 2 aromatic carbocycles. The minimum Gasteiger partial charge on any atom is -0.490 e. The Morgan fingerprint density at radius 3 is 2.46 bits per heavy atom. The lowest BCUT2D eigenvalue weighted by molar-refractivity contribution is -0.139. The van der Waals surface area contributed by atoms with Gasteiger partial charge in [-0.25, -0.2) is 9.18 Å². The van der Waals surface area contributed by atoms with Crippen LogP contribution in [-0.4, -0.2) is 36.3 Å². The van der Waals surface area contributed by atoms with E-state index in [1.165, 1.54) is 25.1 Å². The summed E-state index contributed by atoms with van der Waals surface area (Å²) in [6, 6.07) is 9.22. The number of carboxylic acid groups (broad SMARTS) is 1. The molecule has 0 spiro atoms. The Hall–Kier alpha value is -2.93. The van der Waals surface area contributed by atoms with Crippen LogP contribution < -0.4 is 10.1 Å². The fourth-order valence-corrected chi connectivity index (χ4v) is 3.02. The summed E-state index contributed by atoms with van der Waals surface area (Å²) in [5, 5.41) is 11.9. The van der Waals surface area contributed by atoms with E-state index < -0.39 is 23.7 Å². The summed E-state index contributed by atoms with van der Waals surface area (Å²) in [5.41, 5.74) is 0.927. The molecule has 0 aromatic heterocycles. The number of hydrogen-bond acceptors (Lipinski definition) is 4. The molecule has 1 unspecified atom stereocenters. The number of aryl methyl sites for hydroxylation is 1. The quantitative estimate of drug-likeness (QED) is 0.795. The van der Waals surface area contributed by atoms with Crippen LogP contribution in [0.4, 0.5) is 4.39 Å². The molecule has 2 aromatic rings. The number of carbonyl (C=O) groups is 2. The predicted octanol–water partition coefficient (Wildman–Crippen LogP) is 3.25. The zero-order valence-corrected chi connectivity index (χ0v) is 15.5. The molecule has 3 rings (SSSR count). The van der Waals surface area contributed by atoms with Crippen LogP contribution in [0.15, 0.2) is 42.5 Å². The van der Waals surface area contributed by atoms with Gasteiger partial charge in [-0.1, -0.05) is 12.1 Å². The van der Waals surface area contributed by atoms with Crippen molar-refractivity contribution in [2.45, 2.75) is 31.9 Å². The van der Waals surface area contributed by atoms with E-state index in [2.05, 4.69) is 5.32 Å². The number of nitrogens with one attached hydrogen (secondary N) is 1. The number of amides is 1. The standard InChI is InChI=1S/C21H22FNO5/c1-13-12-15(4-7-18(13)22)19(21(25)26)23-20(24)14-2-5-16(6-3-14)28-17-8-10-27-11-9-17/h2-7,12,17,19H,8-11H2,1H3,(H,23,24)(H,25,26). The van der Waals surface area contributed by atoms with Gasteiger partial charge in [-0.3, -0.25) is 4.79 Å². The topological polar surface area (TPSA) is 84.9 Å². The smallest absolute Gasteiger partial charge is 0.330 e. The summed E-state index contributed by atoms with van der Waals surface area (Å²) < 4.78 is 24.6. The van der Waals surface area contributed by atoms with E-state index in [4.69, 9.17) is 9.47 Å². The molecule has 148 valence electrons. The summed E-state index contributed by atoms with van der Waals surface area (Å²) in [7, 11) is 0. The molecule has 0 aliphatic carbocycles. The molecule has 1 heterocycles. The Balaban J connectivity index is 1.67. The Kier molecular flexibility index (Phi) is 6.26. The first-order valence-electron chi connectivity index (χ1n) is 9.08. The number of rotatable bonds is 6. The SMILES string of the molecule is Cc1cc(C(NC(=O)c2ccc(OC3CCOCC3)cc2)C(=O)O)ccc1F. The van der Waals surface area contributed by atoms with E-state index in [1.807, 2.05) is 0 Å². The summed E-state index contributed by atoms with van der Waals surface area (Å²) in [6.07, 6.45) is 1.73. The van der Waals surface area contributed by atoms with Gasteiger partial charge in [0, 0.05) is 18.4 Å². The molecule has 6 nitrogen and oxygen atoms in total. The Labute approximate surface area is 162 Å². The lowest BCUT2D eigenvalue weighted by Crippen LogP contribution is -2.33. The third kappa shape index (κ3) is 4.86. The van der Waals surface area contributed by atoms with Crippen LogP contribution in [0.1, 0.15) is 40.4 Å². The number of carboxylic acids is 1. The van der Waals surface area contributed by atoms with Crippen molar-refractivity contribution in [2.24, 2.45) is 0 Å². The largest absolute Gasteiger partial charge is 0.490 e. The van der Waals surface area contributed by atoms with Crippen molar-refractivity contribution in [3.8, 4) is 5.75 Å². The van der Waals surface area contributed by atoms with Gasteiger partial charge < -0.3 is 19.9 Å². The first kappa shape index (κ1) is 19.8. The highest BCUT2D eigenvalue weighted by atomic mass is 19.1. The zero-order chi connectivity index (χ0) is 20.1. The summed E-state index contributed by atoms with van der Waals surface area (Å²) in [5.74, 6) is -1.54. The van der Waals surface area contributed by atoms with Crippen LogP contribution in [0, 0.1) is 12.7 Å². The normalized spacial score (nSPS) is 15.6. The van der Waals surface area contributed by atoms with Crippen molar-refractivity contribution in [1.29, 1.82) is 0 Å². The maximum absolute atomic E-state index is 13.4. The molecule has 1 fully saturated rings. The number of aliphatic carboxylic acids is 1. The van der Waals surface area contributed by atoms with Crippen LogP contribution in [0.3, 0.4) is 0 Å². The van der Waals surface area contributed by atoms with Gasteiger partial charge in [0.05, 0.1) is 13.2 Å². The summed E-state index contributed by atoms with van der Waals surface area (Å²) >= 11 is 0. The predicted molar refractivity (Wildman–Crippen MR) is 99.9 cm³/mol. The zero-order valence-electron chi connectivity index (χ0n) is 15.5. The van der Waals surface area contributed by atoms with Gasteiger partial charge in [-0.2, -0.15) is 0 Å². The molecule has 1 amide bonds. The summed E-state index contributed by atoms with van der Waals surface area (Å²) in [4.78, 5) is 24.1. The van der Waals surface area contributed by atoms with E-state index in [1.54, 1.807) is 24.3 Å². The molecule has 28 heavy (non-hydrogen) atoms. The van der Waals surface area contributed by atoms with Crippen LogP contribution in [0.2, 0.25) is 0 Å². The van der Waals surface area contributed by atoms with Gasteiger partial charge in [0.15, 0.2) is 6.04 Å². The first-order chi connectivity index (χ1) is 13.4. The van der Waals surface area contributed by atoms with Gasteiger partial charge in [-0.05, 0) is 48.4 Å². The highest BCUT2D eigenvalue weighted by Gasteiger charge is 2.23. The second-order valence-electron chi connectivity index (χ2n) is 6.71. The average Bonchev–Trinajstić information content (AvgIpc) is 2.69. The van der Waals surface area contributed by atoms with Crippen molar-refractivity contribution in [3.05, 3.63) is 65.0 Å². The minimum atomic E-state index is -1.27. The molecule has 0 radical (unpaired) electrons. The minimum absolute atomic E-state index is 0.0894. The second kappa shape index (κ2) is 8.84. The number of ether oxygens (including phenoxy) is 2. The van der Waals surface area contributed by atoms with E-state index in [0.29, 0.717) is 35.7 Å². The fourth-order valence-electron chi connectivity index (χ4n) is 3.02. The first-order valence-corrected chi connectivity index (χ1v) is 9.08. The van der Waals surface area contributed by atoms with Gasteiger partial charge in [0.2, 0.25) is 0 Å². The fraction of sp³-hybridized carbons (Fsp3) is 0.333. The van der Waals surface area contributed by atoms with Crippen LogP contribution >= 0.6 is 0 Å². The van der Waals surface area contributed by atoms with E-state index in [-0.39, 0.29) is 6.10 Å². The monoisotopic (exact) mass is 387 g/mol. The highest BCUT2D eigenvalue weighted by Crippen LogP contribution is 2.20. The van der Waals surface area contributed by atoms with Crippen LogP contribution in [0.25, 0.3) is 0 Å². The Bertz CT molecular complexity index is 846. The average molecular weight is 387 g/mol. The number of carbonyl (C=O) groups excluding carboxylic acids is 1. The van der Waals surface area contributed by atoms with Gasteiger partial charge in [0.1, 0.15) is 17.7 Å². The Morgan fingerprint density at radius 1 is 1.18 bits per heavy atom. The number of halogens is 1. The number of benzene rings is 2. The van der Waals surface area contributed by atoms with Crippen molar-refractivity contribution < 1.29 is 28.6 Å². The lowest BCUT2D eigenvalue weighted by Gasteiger charge is -2.23. The molecule has 0 bridgehead atoms. The third-order valence-corrected chi connectivity index (χ3v) is 4.63. The van der Waals surface area contributed by atoms with Gasteiger partial charge >= 0.3 is 5.97 Å².